The molecule has 0 bridgehead atoms. The van der Waals surface area contributed by atoms with Crippen LogP contribution in [0, 0.1) is 5.92 Å². The second-order valence-corrected chi connectivity index (χ2v) is 5.71. The number of amides is 1. The zero-order chi connectivity index (χ0) is 16.4. The number of carbonyl (C=O) groups is 4. The fraction of sp³-hybridized carbons (Fsp3) is 0.692. The molecule has 7 nitrogen and oxygen atoms in total. The lowest BCUT2D eigenvalue weighted by Crippen LogP contribution is -2.41. The first-order chi connectivity index (χ1) is 9.79. The van der Waals surface area contributed by atoms with Crippen LogP contribution in [0.2, 0.25) is 0 Å². The van der Waals surface area contributed by atoms with E-state index in [9.17, 15) is 19.2 Å². The van der Waals surface area contributed by atoms with Crippen molar-refractivity contribution in [3.8, 4) is 0 Å². The van der Waals surface area contributed by atoms with E-state index >= 15 is 0 Å². The Kier molecular flexibility index (Phi) is 9.44. The summed E-state index contributed by atoms with van der Waals surface area (Å²) in [5.74, 6) is -3.56. The third-order valence-electron chi connectivity index (χ3n) is 2.72. The van der Waals surface area contributed by atoms with Crippen LogP contribution < -0.4 is 5.32 Å². The molecule has 0 aromatic heterocycles. The molecule has 0 heterocycles. The van der Waals surface area contributed by atoms with Gasteiger partial charge in [-0.3, -0.25) is 14.4 Å². The van der Waals surface area contributed by atoms with Gasteiger partial charge in [0.05, 0.1) is 0 Å². The molecule has 0 saturated carbocycles. The molecule has 21 heavy (non-hydrogen) atoms. The van der Waals surface area contributed by atoms with E-state index in [1.54, 1.807) is 0 Å². The minimum absolute atomic E-state index is 0.0774. The number of hydrogen-bond donors (Lipinski definition) is 3. The highest BCUT2D eigenvalue weighted by molar-refractivity contribution is 7.99. The van der Waals surface area contributed by atoms with Gasteiger partial charge in [0.15, 0.2) is 0 Å². The van der Waals surface area contributed by atoms with Gasteiger partial charge in [-0.25, -0.2) is 4.79 Å². The Morgan fingerprint density at radius 1 is 1.14 bits per heavy atom. The van der Waals surface area contributed by atoms with Crippen molar-refractivity contribution in [1.82, 2.24) is 5.32 Å². The van der Waals surface area contributed by atoms with Gasteiger partial charge in [0, 0.05) is 24.9 Å². The number of hydrogen-bond acceptors (Lipinski definition) is 5. The average molecular weight is 319 g/mol. The van der Waals surface area contributed by atoms with Gasteiger partial charge in [-0.05, 0) is 6.42 Å². The van der Waals surface area contributed by atoms with Crippen molar-refractivity contribution in [2.45, 2.75) is 39.2 Å². The largest absolute Gasteiger partial charge is 0.481 e. The fourth-order valence-electron chi connectivity index (χ4n) is 1.68. The van der Waals surface area contributed by atoms with Crippen LogP contribution in [-0.4, -0.2) is 51.4 Å². The summed E-state index contributed by atoms with van der Waals surface area (Å²) in [5.41, 5.74) is 0. The molecule has 0 aliphatic carbocycles. The van der Waals surface area contributed by atoms with Crippen LogP contribution >= 0.6 is 11.8 Å². The third kappa shape index (κ3) is 8.34. The van der Waals surface area contributed by atoms with E-state index in [-0.39, 0.29) is 18.0 Å². The average Bonchev–Trinajstić information content (AvgIpc) is 2.38. The number of carboxylic acid groups (broad SMARTS) is 2. The highest BCUT2D eigenvalue weighted by atomic mass is 32.2. The van der Waals surface area contributed by atoms with Crippen molar-refractivity contribution in [3.05, 3.63) is 0 Å². The Labute approximate surface area is 127 Å². The maximum atomic E-state index is 11.8. The number of carboxylic acids is 2. The van der Waals surface area contributed by atoms with E-state index in [4.69, 9.17) is 10.2 Å². The molecule has 1 unspecified atom stereocenters. The van der Waals surface area contributed by atoms with Gasteiger partial charge < -0.3 is 15.5 Å². The number of aliphatic carboxylic acids is 2. The standard InChI is InChI=1S/C13H21NO6S/c1-3-4-9(12(17)18)11(16)5-6-21-7-10(13(19)20)14-8(2)15/h9-10H,3-7H2,1-2H3,(H,14,15)(H,17,18)(H,19,20)/t9?,10-/m0/s1. The summed E-state index contributed by atoms with van der Waals surface area (Å²) in [5, 5.41) is 20.1. The first-order valence-electron chi connectivity index (χ1n) is 6.62. The van der Waals surface area contributed by atoms with Crippen molar-refractivity contribution < 1.29 is 29.4 Å². The summed E-state index contributed by atoms with van der Waals surface area (Å²) in [4.78, 5) is 44.4. The lowest BCUT2D eigenvalue weighted by molar-refractivity contribution is -0.146. The zero-order valence-electron chi connectivity index (χ0n) is 12.1. The molecule has 0 aliphatic heterocycles. The predicted molar refractivity (Wildman–Crippen MR) is 78.2 cm³/mol. The SMILES string of the molecule is CCCC(C(=O)O)C(=O)CCSC[C@H](NC(C)=O)C(=O)O. The summed E-state index contributed by atoms with van der Waals surface area (Å²) >= 11 is 1.20. The lowest BCUT2D eigenvalue weighted by Gasteiger charge is -2.13. The van der Waals surface area contributed by atoms with E-state index < -0.39 is 29.8 Å². The maximum absolute atomic E-state index is 11.8. The van der Waals surface area contributed by atoms with Gasteiger partial charge in [0.2, 0.25) is 5.91 Å². The molecule has 3 N–H and O–H groups in total. The number of carbonyl (C=O) groups excluding carboxylic acids is 2. The molecular weight excluding hydrogens is 298 g/mol. The van der Waals surface area contributed by atoms with Crippen LogP contribution in [0.3, 0.4) is 0 Å². The number of ketones is 1. The minimum Gasteiger partial charge on any atom is -0.481 e. The van der Waals surface area contributed by atoms with Gasteiger partial charge >= 0.3 is 11.9 Å². The van der Waals surface area contributed by atoms with Gasteiger partial charge in [-0.1, -0.05) is 13.3 Å². The summed E-state index contributed by atoms with van der Waals surface area (Å²) < 4.78 is 0. The van der Waals surface area contributed by atoms with Gasteiger partial charge in [-0.2, -0.15) is 11.8 Å². The molecular formula is C13H21NO6S. The summed E-state index contributed by atoms with van der Waals surface area (Å²) in [6.07, 6.45) is 0.996. The molecule has 0 radical (unpaired) electrons. The second kappa shape index (κ2) is 10.2. The smallest absolute Gasteiger partial charge is 0.327 e. The Morgan fingerprint density at radius 2 is 1.76 bits per heavy atom. The topological polar surface area (TPSA) is 121 Å². The Morgan fingerprint density at radius 3 is 2.19 bits per heavy atom. The summed E-state index contributed by atoms with van der Waals surface area (Å²) in [7, 11) is 0. The van der Waals surface area contributed by atoms with E-state index in [1.807, 2.05) is 6.92 Å². The molecule has 1 amide bonds. The fourth-order valence-corrected chi connectivity index (χ4v) is 2.65. The quantitative estimate of drug-likeness (QED) is 0.380. The van der Waals surface area contributed by atoms with Gasteiger partial charge in [-0.15, -0.1) is 0 Å². The van der Waals surface area contributed by atoms with Crippen molar-refractivity contribution in [2.24, 2.45) is 5.92 Å². The van der Waals surface area contributed by atoms with E-state index in [0.717, 1.165) is 0 Å². The number of nitrogens with one attached hydrogen (secondary N) is 1. The monoisotopic (exact) mass is 319 g/mol. The molecule has 0 rings (SSSR count). The Bertz CT molecular complexity index is 398. The molecule has 0 aromatic rings. The van der Waals surface area contributed by atoms with Crippen LogP contribution in [0.15, 0.2) is 0 Å². The first kappa shape index (κ1) is 19.4. The Hall–Kier alpha value is -1.57. The Balaban J connectivity index is 4.17. The normalized spacial score (nSPS) is 13.2. The maximum Gasteiger partial charge on any atom is 0.327 e. The highest BCUT2D eigenvalue weighted by Gasteiger charge is 2.25. The molecule has 0 aliphatic rings. The van der Waals surface area contributed by atoms with Crippen LogP contribution in [0.1, 0.15) is 33.1 Å². The molecule has 120 valence electrons. The number of Topliss-reactive ketones (excluding diaryl/α,β-unsaturated/α-hetero) is 1. The van der Waals surface area contributed by atoms with E-state index in [2.05, 4.69) is 5.32 Å². The van der Waals surface area contributed by atoms with Crippen LogP contribution in [0.25, 0.3) is 0 Å². The molecule has 0 fully saturated rings. The zero-order valence-corrected chi connectivity index (χ0v) is 12.9. The number of thioether (sulfide) groups is 1. The molecule has 2 atom stereocenters. The van der Waals surface area contributed by atoms with Crippen molar-refractivity contribution >= 4 is 35.4 Å². The summed E-state index contributed by atoms with van der Waals surface area (Å²) in [6, 6.07) is -1.01. The molecule has 8 heteroatoms. The van der Waals surface area contributed by atoms with E-state index in [0.29, 0.717) is 18.6 Å². The lowest BCUT2D eigenvalue weighted by atomic mass is 9.97. The van der Waals surface area contributed by atoms with Crippen molar-refractivity contribution in [1.29, 1.82) is 0 Å². The minimum atomic E-state index is -1.14. The van der Waals surface area contributed by atoms with Crippen LogP contribution in [0.5, 0.6) is 0 Å². The number of rotatable bonds is 11. The summed E-state index contributed by atoms with van der Waals surface area (Å²) in [6.45, 7) is 3.04. The van der Waals surface area contributed by atoms with Crippen LogP contribution in [0.4, 0.5) is 0 Å². The van der Waals surface area contributed by atoms with E-state index in [1.165, 1.54) is 18.7 Å². The predicted octanol–water partition coefficient (Wildman–Crippen LogP) is 0.769. The van der Waals surface area contributed by atoms with Gasteiger partial charge in [0.1, 0.15) is 17.7 Å². The highest BCUT2D eigenvalue weighted by Crippen LogP contribution is 2.13. The first-order valence-corrected chi connectivity index (χ1v) is 7.78. The third-order valence-corrected chi connectivity index (χ3v) is 3.78. The second-order valence-electron chi connectivity index (χ2n) is 4.56. The van der Waals surface area contributed by atoms with Crippen molar-refractivity contribution in [2.75, 3.05) is 11.5 Å². The molecule has 0 spiro atoms. The van der Waals surface area contributed by atoms with Crippen molar-refractivity contribution in [3.63, 3.8) is 0 Å². The molecule has 0 saturated heterocycles. The van der Waals surface area contributed by atoms with Crippen LogP contribution in [-0.2, 0) is 19.2 Å². The molecule has 0 aromatic carbocycles. The van der Waals surface area contributed by atoms with Gasteiger partial charge in [0.25, 0.3) is 0 Å².